The molecule has 0 saturated carbocycles. The molecule has 2 N–H and O–H groups in total. The van der Waals surface area contributed by atoms with E-state index in [1.54, 1.807) is 0 Å². The van der Waals surface area contributed by atoms with Crippen LogP contribution >= 0.6 is 15.9 Å². The van der Waals surface area contributed by atoms with Gasteiger partial charge in [-0.1, -0.05) is 34.1 Å². The lowest BCUT2D eigenvalue weighted by Gasteiger charge is -2.18. The highest BCUT2D eigenvalue weighted by Gasteiger charge is 2.03. The topological polar surface area (TPSA) is 29.3 Å². The van der Waals surface area contributed by atoms with Gasteiger partial charge in [0, 0.05) is 23.6 Å². The van der Waals surface area contributed by atoms with Crippen LogP contribution in [0.15, 0.2) is 28.7 Å². The van der Waals surface area contributed by atoms with Crippen LogP contribution in [0.25, 0.3) is 0 Å². The van der Waals surface area contributed by atoms with Crippen LogP contribution in [0.5, 0.6) is 0 Å². The maximum atomic E-state index is 5.74. The molecule has 1 aromatic rings. The predicted octanol–water partition coefficient (Wildman–Crippen LogP) is 2.27. The molecule has 1 aromatic carbocycles. The van der Waals surface area contributed by atoms with E-state index in [0.717, 1.165) is 19.5 Å². The smallest absolute Gasteiger partial charge is 0.0207 e. The van der Waals surface area contributed by atoms with Crippen LogP contribution in [0.1, 0.15) is 12.5 Å². The van der Waals surface area contributed by atoms with E-state index in [9.17, 15) is 0 Å². The number of hydrogen-bond donors (Lipinski definition) is 1. The Hall–Kier alpha value is -0.380. The molecule has 0 amide bonds. The number of benzene rings is 1. The van der Waals surface area contributed by atoms with Gasteiger partial charge in [0.2, 0.25) is 0 Å². The van der Waals surface area contributed by atoms with E-state index in [1.807, 2.05) is 13.0 Å². The normalized spacial score (nSPS) is 13.1. The predicted molar refractivity (Wildman–Crippen MR) is 69.0 cm³/mol. The molecule has 0 aliphatic heterocycles. The average molecular weight is 271 g/mol. The van der Waals surface area contributed by atoms with Crippen molar-refractivity contribution in [1.82, 2.24) is 4.90 Å². The van der Waals surface area contributed by atoms with Crippen molar-refractivity contribution in [3.8, 4) is 0 Å². The summed E-state index contributed by atoms with van der Waals surface area (Å²) in [4.78, 5) is 2.27. The fourth-order valence-corrected chi connectivity index (χ4v) is 2.08. The molecule has 0 fully saturated rings. The molecule has 3 heteroatoms. The zero-order valence-electron chi connectivity index (χ0n) is 9.41. The number of likely N-dealkylation sites (N-methyl/N-ethyl adjacent to an activating group) is 1. The fourth-order valence-electron chi connectivity index (χ4n) is 1.60. The summed E-state index contributed by atoms with van der Waals surface area (Å²) in [5.41, 5.74) is 7.10. The van der Waals surface area contributed by atoms with Gasteiger partial charge < -0.3 is 10.6 Å². The van der Waals surface area contributed by atoms with E-state index in [4.69, 9.17) is 5.73 Å². The number of nitrogens with zero attached hydrogens (tertiary/aromatic N) is 1. The summed E-state index contributed by atoms with van der Waals surface area (Å²) >= 11 is 3.55. The summed E-state index contributed by atoms with van der Waals surface area (Å²) in [5.74, 6) is 0. The Morgan fingerprint density at radius 1 is 1.40 bits per heavy atom. The van der Waals surface area contributed by atoms with Crippen molar-refractivity contribution in [2.75, 3.05) is 20.1 Å². The Kier molecular flexibility index (Phi) is 5.29. The molecule has 0 radical (unpaired) electrons. The average Bonchev–Trinajstić information content (AvgIpc) is 2.15. The largest absolute Gasteiger partial charge is 0.327 e. The quantitative estimate of drug-likeness (QED) is 0.890. The lowest BCUT2D eigenvalue weighted by Crippen LogP contribution is -2.34. The Balaban J connectivity index is 2.40. The van der Waals surface area contributed by atoms with Crippen LogP contribution in [-0.2, 0) is 6.42 Å². The van der Waals surface area contributed by atoms with Crippen molar-refractivity contribution in [2.24, 2.45) is 5.73 Å². The van der Waals surface area contributed by atoms with Crippen molar-refractivity contribution in [1.29, 1.82) is 0 Å². The minimum absolute atomic E-state index is 0.245. The lowest BCUT2D eigenvalue weighted by atomic mass is 10.1. The minimum Gasteiger partial charge on any atom is -0.327 e. The van der Waals surface area contributed by atoms with E-state index in [-0.39, 0.29) is 6.04 Å². The Labute approximate surface area is 101 Å². The Morgan fingerprint density at radius 2 is 2.07 bits per heavy atom. The maximum Gasteiger partial charge on any atom is 0.0207 e. The van der Waals surface area contributed by atoms with Gasteiger partial charge in [0.1, 0.15) is 0 Å². The van der Waals surface area contributed by atoms with Gasteiger partial charge in [-0.2, -0.15) is 0 Å². The van der Waals surface area contributed by atoms with E-state index in [2.05, 4.69) is 46.1 Å². The SMILES string of the molecule is CC(N)CN(C)CCc1ccccc1Br. The Morgan fingerprint density at radius 3 is 2.67 bits per heavy atom. The summed E-state index contributed by atoms with van der Waals surface area (Å²) in [6.07, 6.45) is 1.06. The van der Waals surface area contributed by atoms with Gasteiger partial charge in [-0.05, 0) is 32.0 Å². The van der Waals surface area contributed by atoms with Crippen LogP contribution in [0.3, 0.4) is 0 Å². The molecule has 2 nitrogen and oxygen atoms in total. The second-order valence-corrected chi connectivity index (χ2v) is 4.94. The third-order valence-corrected chi connectivity index (χ3v) is 3.09. The summed E-state index contributed by atoms with van der Waals surface area (Å²) < 4.78 is 1.19. The third-order valence-electron chi connectivity index (χ3n) is 2.32. The molecule has 0 heterocycles. The van der Waals surface area contributed by atoms with Gasteiger partial charge in [-0.15, -0.1) is 0 Å². The molecule has 15 heavy (non-hydrogen) atoms. The first-order valence-corrected chi connectivity index (χ1v) is 6.06. The van der Waals surface area contributed by atoms with Crippen molar-refractivity contribution in [2.45, 2.75) is 19.4 Å². The first kappa shape index (κ1) is 12.7. The van der Waals surface area contributed by atoms with E-state index in [1.165, 1.54) is 10.0 Å². The molecule has 0 spiro atoms. The molecular weight excluding hydrogens is 252 g/mol. The molecular formula is C12H19BrN2. The standard InChI is InChI=1S/C12H19BrN2/c1-10(14)9-15(2)8-7-11-5-3-4-6-12(11)13/h3-6,10H,7-9,14H2,1-2H3. The second-order valence-electron chi connectivity index (χ2n) is 4.08. The molecule has 1 rings (SSSR count). The van der Waals surface area contributed by atoms with Crippen molar-refractivity contribution in [3.05, 3.63) is 34.3 Å². The van der Waals surface area contributed by atoms with Crippen LogP contribution in [-0.4, -0.2) is 31.1 Å². The fraction of sp³-hybridized carbons (Fsp3) is 0.500. The molecule has 0 saturated heterocycles. The third kappa shape index (κ3) is 4.78. The highest BCUT2D eigenvalue weighted by molar-refractivity contribution is 9.10. The van der Waals surface area contributed by atoms with Gasteiger partial charge in [-0.3, -0.25) is 0 Å². The summed E-state index contributed by atoms with van der Waals surface area (Å²) in [7, 11) is 2.11. The van der Waals surface area contributed by atoms with Crippen molar-refractivity contribution >= 4 is 15.9 Å². The highest BCUT2D eigenvalue weighted by atomic mass is 79.9. The first-order chi connectivity index (χ1) is 7.09. The zero-order chi connectivity index (χ0) is 11.3. The molecule has 1 atom stereocenters. The summed E-state index contributed by atoms with van der Waals surface area (Å²) in [6, 6.07) is 8.60. The van der Waals surface area contributed by atoms with Crippen LogP contribution in [0.2, 0.25) is 0 Å². The van der Waals surface area contributed by atoms with Gasteiger partial charge >= 0.3 is 0 Å². The Bertz CT molecular complexity index is 299. The molecule has 0 aliphatic carbocycles. The van der Waals surface area contributed by atoms with E-state index >= 15 is 0 Å². The molecule has 0 bridgehead atoms. The lowest BCUT2D eigenvalue weighted by molar-refractivity contribution is 0.321. The highest BCUT2D eigenvalue weighted by Crippen LogP contribution is 2.16. The molecule has 0 aliphatic rings. The van der Waals surface area contributed by atoms with Crippen LogP contribution in [0, 0.1) is 0 Å². The minimum atomic E-state index is 0.245. The maximum absolute atomic E-state index is 5.74. The number of rotatable bonds is 5. The number of nitrogens with two attached hydrogens (primary N) is 1. The van der Waals surface area contributed by atoms with Gasteiger partial charge in [0.15, 0.2) is 0 Å². The van der Waals surface area contributed by atoms with E-state index < -0.39 is 0 Å². The molecule has 84 valence electrons. The number of halogens is 1. The first-order valence-electron chi connectivity index (χ1n) is 5.27. The zero-order valence-corrected chi connectivity index (χ0v) is 11.0. The number of hydrogen-bond acceptors (Lipinski definition) is 2. The summed E-state index contributed by atoms with van der Waals surface area (Å²) in [6.45, 7) is 4.03. The van der Waals surface area contributed by atoms with E-state index in [0.29, 0.717) is 0 Å². The van der Waals surface area contributed by atoms with Crippen molar-refractivity contribution < 1.29 is 0 Å². The van der Waals surface area contributed by atoms with Crippen LogP contribution < -0.4 is 5.73 Å². The van der Waals surface area contributed by atoms with Crippen LogP contribution in [0.4, 0.5) is 0 Å². The van der Waals surface area contributed by atoms with Gasteiger partial charge in [0.25, 0.3) is 0 Å². The second kappa shape index (κ2) is 6.26. The molecule has 1 unspecified atom stereocenters. The van der Waals surface area contributed by atoms with Crippen molar-refractivity contribution in [3.63, 3.8) is 0 Å². The van der Waals surface area contributed by atoms with Gasteiger partial charge in [-0.25, -0.2) is 0 Å². The van der Waals surface area contributed by atoms with Gasteiger partial charge in [0.05, 0.1) is 0 Å². The molecule has 0 aromatic heterocycles. The summed E-state index contributed by atoms with van der Waals surface area (Å²) in [5, 5.41) is 0. The monoisotopic (exact) mass is 270 g/mol.